The minimum atomic E-state index is -0.416. The van der Waals surface area contributed by atoms with E-state index in [1.807, 2.05) is 6.92 Å². The second-order valence-corrected chi connectivity index (χ2v) is 5.07. The number of nitrogens with two attached hydrogens (primary N) is 1. The van der Waals surface area contributed by atoms with Crippen molar-refractivity contribution >= 4 is 44.9 Å². The molecule has 7 heteroatoms. The smallest absolute Gasteiger partial charge is 0.139 e. The number of halogens is 3. The van der Waals surface area contributed by atoms with Crippen LogP contribution in [0.15, 0.2) is 22.9 Å². The normalized spacial score (nSPS) is 10.5. The Balaban J connectivity index is 2.45. The zero-order valence-corrected chi connectivity index (χ0v) is 12.4. The molecular formula is C12H11BrClFN4. The van der Waals surface area contributed by atoms with Gasteiger partial charge in [-0.1, -0.05) is 18.5 Å². The Morgan fingerprint density at radius 3 is 2.79 bits per heavy atom. The Hall–Kier alpha value is -1.40. The predicted octanol–water partition coefficient (Wildman–Crippen LogP) is 3.92. The van der Waals surface area contributed by atoms with Crippen molar-refractivity contribution in [1.29, 1.82) is 0 Å². The third kappa shape index (κ3) is 2.96. The molecule has 0 amide bonds. The van der Waals surface area contributed by atoms with Crippen LogP contribution < -0.4 is 11.1 Å². The van der Waals surface area contributed by atoms with Gasteiger partial charge in [-0.2, -0.15) is 0 Å². The summed E-state index contributed by atoms with van der Waals surface area (Å²) < 4.78 is 13.7. The second kappa shape index (κ2) is 5.71. The summed E-state index contributed by atoms with van der Waals surface area (Å²) in [5.74, 6) is 0.555. The van der Waals surface area contributed by atoms with Gasteiger partial charge in [0.25, 0.3) is 0 Å². The molecule has 1 heterocycles. The maximum Gasteiger partial charge on any atom is 0.139 e. The lowest BCUT2D eigenvalue weighted by Crippen LogP contribution is -2.05. The second-order valence-electron chi connectivity index (χ2n) is 3.81. The Kier molecular flexibility index (Phi) is 4.21. The van der Waals surface area contributed by atoms with Crippen LogP contribution in [0.4, 0.5) is 21.7 Å². The third-order valence-corrected chi connectivity index (χ3v) is 3.51. The zero-order valence-electron chi connectivity index (χ0n) is 10.0. The third-order valence-electron chi connectivity index (χ3n) is 2.58. The highest BCUT2D eigenvalue weighted by Gasteiger charge is 2.12. The van der Waals surface area contributed by atoms with E-state index in [0.717, 1.165) is 5.56 Å². The summed E-state index contributed by atoms with van der Waals surface area (Å²) in [6, 6.07) is 2.55. The van der Waals surface area contributed by atoms with Gasteiger partial charge in [-0.15, -0.1) is 0 Å². The highest BCUT2D eigenvalue weighted by atomic mass is 79.9. The summed E-state index contributed by atoms with van der Waals surface area (Å²) in [5, 5.41) is 3.31. The lowest BCUT2D eigenvalue weighted by Gasteiger charge is -2.13. The van der Waals surface area contributed by atoms with E-state index in [1.54, 1.807) is 0 Å². The molecule has 2 rings (SSSR count). The van der Waals surface area contributed by atoms with Crippen LogP contribution in [0.5, 0.6) is 0 Å². The number of nitrogen functional groups attached to an aromatic ring is 1. The predicted molar refractivity (Wildman–Crippen MR) is 78.2 cm³/mol. The summed E-state index contributed by atoms with van der Waals surface area (Å²) in [6.45, 7) is 1.95. The first kappa shape index (κ1) is 14.0. The van der Waals surface area contributed by atoms with Crippen LogP contribution in [0.1, 0.15) is 12.5 Å². The first-order valence-electron chi connectivity index (χ1n) is 5.53. The highest BCUT2D eigenvalue weighted by molar-refractivity contribution is 9.10. The molecule has 0 fully saturated rings. The van der Waals surface area contributed by atoms with Crippen molar-refractivity contribution < 1.29 is 4.39 Å². The number of benzene rings is 1. The maximum absolute atomic E-state index is 13.2. The Labute approximate surface area is 123 Å². The van der Waals surface area contributed by atoms with Crippen LogP contribution in [0.25, 0.3) is 0 Å². The van der Waals surface area contributed by atoms with Gasteiger partial charge in [0, 0.05) is 10.0 Å². The number of nitrogens with one attached hydrogen (secondary N) is 1. The van der Waals surface area contributed by atoms with Crippen molar-refractivity contribution in [3.8, 4) is 0 Å². The van der Waals surface area contributed by atoms with E-state index < -0.39 is 5.82 Å². The maximum atomic E-state index is 13.2. The van der Waals surface area contributed by atoms with Gasteiger partial charge in [0.1, 0.15) is 23.8 Å². The molecule has 0 unspecified atom stereocenters. The SMILES string of the molecule is CCc1c(N)ncnc1Nc1c(Cl)cc(F)cc1Br. The Morgan fingerprint density at radius 2 is 2.16 bits per heavy atom. The van der Waals surface area contributed by atoms with Gasteiger partial charge in [-0.05, 0) is 34.5 Å². The average Bonchev–Trinajstić information content (AvgIpc) is 2.34. The number of aromatic nitrogens is 2. The molecule has 0 saturated carbocycles. The van der Waals surface area contributed by atoms with Crippen LogP contribution in [-0.2, 0) is 6.42 Å². The molecule has 0 aliphatic heterocycles. The van der Waals surface area contributed by atoms with Gasteiger partial charge in [0.05, 0.1) is 10.7 Å². The van der Waals surface area contributed by atoms with Gasteiger partial charge in [-0.25, -0.2) is 14.4 Å². The topological polar surface area (TPSA) is 63.8 Å². The van der Waals surface area contributed by atoms with Gasteiger partial charge in [0.2, 0.25) is 0 Å². The van der Waals surface area contributed by atoms with Gasteiger partial charge in [-0.3, -0.25) is 0 Å². The minimum Gasteiger partial charge on any atom is -0.383 e. The van der Waals surface area contributed by atoms with Crippen molar-refractivity contribution in [2.45, 2.75) is 13.3 Å². The summed E-state index contributed by atoms with van der Waals surface area (Å²) in [7, 11) is 0. The summed E-state index contributed by atoms with van der Waals surface area (Å²) in [6.07, 6.45) is 2.04. The van der Waals surface area contributed by atoms with E-state index in [2.05, 4.69) is 31.2 Å². The number of hydrogen-bond acceptors (Lipinski definition) is 4. The molecule has 0 aliphatic carbocycles. The van der Waals surface area contributed by atoms with Gasteiger partial charge >= 0.3 is 0 Å². The van der Waals surface area contributed by atoms with Crippen LogP contribution in [0.2, 0.25) is 5.02 Å². The lowest BCUT2D eigenvalue weighted by atomic mass is 10.2. The standard InChI is InChI=1S/C12H11BrClFN4/c1-2-7-11(16)17-5-18-12(7)19-10-8(13)3-6(15)4-9(10)14/h3-5H,2H2,1H3,(H3,16,17,18,19). The van der Waals surface area contributed by atoms with Crippen molar-refractivity contribution in [3.05, 3.63) is 39.3 Å². The molecule has 1 aromatic carbocycles. The number of hydrogen-bond donors (Lipinski definition) is 2. The molecule has 0 spiro atoms. The average molecular weight is 346 g/mol. The molecule has 19 heavy (non-hydrogen) atoms. The number of rotatable bonds is 3. The van der Waals surface area contributed by atoms with E-state index in [4.69, 9.17) is 17.3 Å². The fourth-order valence-electron chi connectivity index (χ4n) is 1.66. The molecule has 100 valence electrons. The van der Waals surface area contributed by atoms with Crippen LogP contribution in [0.3, 0.4) is 0 Å². The molecule has 3 N–H and O–H groups in total. The summed E-state index contributed by atoms with van der Waals surface area (Å²) in [5.41, 5.74) is 7.11. The van der Waals surface area contributed by atoms with E-state index in [9.17, 15) is 4.39 Å². The zero-order chi connectivity index (χ0) is 14.0. The van der Waals surface area contributed by atoms with Gasteiger partial charge < -0.3 is 11.1 Å². The van der Waals surface area contributed by atoms with Crippen molar-refractivity contribution in [2.75, 3.05) is 11.1 Å². The van der Waals surface area contributed by atoms with E-state index in [1.165, 1.54) is 18.5 Å². The number of nitrogens with zero attached hydrogens (tertiary/aromatic N) is 2. The fourth-order valence-corrected chi connectivity index (χ4v) is 2.56. The number of anilines is 3. The molecule has 0 atom stereocenters. The van der Waals surface area contributed by atoms with Crippen molar-refractivity contribution in [3.63, 3.8) is 0 Å². The molecule has 2 aromatic rings. The quantitative estimate of drug-likeness (QED) is 0.885. The fraction of sp³-hybridized carbons (Fsp3) is 0.167. The van der Waals surface area contributed by atoms with Crippen molar-refractivity contribution in [2.24, 2.45) is 0 Å². The molecular weight excluding hydrogens is 335 g/mol. The molecule has 0 saturated heterocycles. The molecule has 1 aromatic heterocycles. The monoisotopic (exact) mass is 344 g/mol. The largest absolute Gasteiger partial charge is 0.383 e. The molecule has 4 nitrogen and oxygen atoms in total. The van der Waals surface area contributed by atoms with Crippen LogP contribution in [0, 0.1) is 5.82 Å². The first-order valence-corrected chi connectivity index (χ1v) is 6.71. The lowest BCUT2D eigenvalue weighted by molar-refractivity contribution is 0.627. The highest BCUT2D eigenvalue weighted by Crippen LogP contribution is 2.34. The molecule has 0 bridgehead atoms. The van der Waals surface area contributed by atoms with E-state index in [-0.39, 0.29) is 5.02 Å². The summed E-state index contributed by atoms with van der Waals surface area (Å²) in [4.78, 5) is 8.07. The van der Waals surface area contributed by atoms with E-state index >= 15 is 0 Å². The van der Waals surface area contributed by atoms with Gasteiger partial charge in [0.15, 0.2) is 0 Å². The van der Waals surface area contributed by atoms with Crippen LogP contribution in [-0.4, -0.2) is 9.97 Å². The molecule has 0 radical (unpaired) electrons. The Bertz CT molecular complexity index is 598. The van der Waals surface area contributed by atoms with Crippen LogP contribution >= 0.6 is 27.5 Å². The summed E-state index contributed by atoms with van der Waals surface area (Å²) >= 11 is 9.27. The first-order chi connectivity index (χ1) is 9.02. The van der Waals surface area contributed by atoms with Crippen molar-refractivity contribution in [1.82, 2.24) is 9.97 Å². The molecule has 0 aliphatic rings. The van der Waals surface area contributed by atoms with E-state index in [0.29, 0.717) is 28.2 Å². The Morgan fingerprint density at radius 1 is 1.42 bits per heavy atom. The minimum absolute atomic E-state index is 0.256.